The lowest BCUT2D eigenvalue weighted by Crippen LogP contribution is -2.34. The van der Waals surface area contributed by atoms with E-state index in [0.717, 1.165) is 19.6 Å². The van der Waals surface area contributed by atoms with Gasteiger partial charge in [0.25, 0.3) is 0 Å². The van der Waals surface area contributed by atoms with E-state index in [4.69, 9.17) is 0 Å². The predicted octanol–water partition coefficient (Wildman–Crippen LogP) is 1.14. The first-order chi connectivity index (χ1) is 7.31. The Kier molecular flexibility index (Phi) is 3.02. The number of rotatable bonds is 3. The number of nitrogens with one attached hydrogen (secondary N) is 1. The average molecular weight is 204 g/mol. The first kappa shape index (κ1) is 10.2. The van der Waals surface area contributed by atoms with E-state index in [9.17, 15) is 4.79 Å². The molecule has 0 atom stereocenters. The number of amides is 1. The first-order valence-corrected chi connectivity index (χ1v) is 5.36. The number of hydrogen-bond donors (Lipinski definition) is 1. The van der Waals surface area contributed by atoms with Crippen molar-refractivity contribution >= 4 is 5.91 Å². The molecule has 2 rings (SSSR count). The number of benzene rings is 1. The Morgan fingerprint density at radius 2 is 1.93 bits per heavy atom. The SMILES string of the molecule is CCNCC(=O)N1Cc2ccccc2C1. The lowest BCUT2D eigenvalue weighted by molar-refractivity contribution is -0.130. The predicted molar refractivity (Wildman–Crippen MR) is 59.2 cm³/mol. The van der Waals surface area contributed by atoms with Crippen LogP contribution in [0.25, 0.3) is 0 Å². The standard InChI is InChI=1S/C12H16N2O/c1-2-13-7-12(15)14-8-10-5-3-4-6-11(10)9-14/h3-6,13H,2,7-9H2,1H3. The van der Waals surface area contributed by atoms with E-state index in [2.05, 4.69) is 17.4 Å². The fraction of sp³-hybridized carbons (Fsp3) is 0.417. The summed E-state index contributed by atoms with van der Waals surface area (Å²) in [4.78, 5) is 13.6. The lowest BCUT2D eigenvalue weighted by Gasteiger charge is -2.15. The van der Waals surface area contributed by atoms with Gasteiger partial charge in [-0.2, -0.15) is 0 Å². The van der Waals surface area contributed by atoms with Crippen LogP contribution in [-0.2, 0) is 17.9 Å². The molecule has 0 spiro atoms. The van der Waals surface area contributed by atoms with Gasteiger partial charge in [-0.05, 0) is 17.7 Å². The van der Waals surface area contributed by atoms with E-state index in [0.29, 0.717) is 6.54 Å². The molecule has 0 saturated carbocycles. The maximum Gasteiger partial charge on any atom is 0.237 e. The monoisotopic (exact) mass is 204 g/mol. The molecule has 1 amide bonds. The van der Waals surface area contributed by atoms with Crippen LogP contribution in [0.5, 0.6) is 0 Å². The molecule has 3 heteroatoms. The molecule has 1 aliphatic rings. The minimum Gasteiger partial charge on any atom is -0.333 e. The van der Waals surface area contributed by atoms with Crippen LogP contribution < -0.4 is 5.32 Å². The zero-order valence-electron chi connectivity index (χ0n) is 8.99. The molecule has 1 heterocycles. The Morgan fingerprint density at radius 1 is 1.33 bits per heavy atom. The van der Waals surface area contributed by atoms with E-state index in [1.54, 1.807) is 0 Å². The summed E-state index contributed by atoms with van der Waals surface area (Å²) in [5.74, 6) is 0.188. The molecule has 0 radical (unpaired) electrons. The van der Waals surface area contributed by atoms with E-state index in [1.807, 2.05) is 24.0 Å². The number of fused-ring (bicyclic) bond motifs is 1. The summed E-state index contributed by atoms with van der Waals surface area (Å²) in [5.41, 5.74) is 2.56. The molecule has 0 aromatic heterocycles. The number of nitrogens with zero attached hydrogens (tertiary/aromatic N) is 1. The fourth-order valence-electron chi connectivity index (χ4n) is 1.85. The molecule has 0 bridgehead atoms. The average Bonchev–Trinajstić information content (AvgIpc) is 2.69. The zero-order chi connectivity index (χ0) is 10.7. The molecule has 0 fully saturated rings. The third-order valence-electron chi connectivity index (χ3n) is 2.72. The van der Waals surface area contributed by atoms with Gasteiger partial charge in [-0.3, -0.25) is 4.79 Å². The van der Waals surface area contributed by atoms with Gasteiger partial charge in [0.1, 0.15) is 0 Å². The molecule has 80 valence electrons. The Bertz CT molecular complexity index is 337. The van der Waals surface area contributed by atoms with Crippen LogP contribution in [0.3, 0.4) is 0 Å². The molecule has 1 aromatic rings. The van der Waals surface area contributed by atoms with E-state index >= 15 is 0 Å². The highest BCUT2D eigenvalue weighted by molar-refractivity contribution is 5.79. The Labute approximate surface area is 90.1 Å². The molecule has 0 aliphatic carbocycles. The highest BCUT2D eigenvalue weighted by Gasteiger charge is 2.21. The van der Waals surface area contributed by atoms with Gasteiger partial charge >= 0.3 is 0 Å². The Morgan fingerprint density at radius 3 is 2.47 bits per heavy atom. The minimum absolute atomic E-state index is 0.188. The fourth-order valence-corrected chi connectivity index (χ4v) is 1.85. The van der Waals surface area contributed by atoms with Crippen molar-refractivity contribution in [1.82, 2.24) is 10.2 Å². The number of carbonyl (C=O) groups excluding carboxylic acids is 1. The largest absolute Gasteiger partial charge is 0.333 e. The van der Waals surface area contributed by atoms with Crippen molar-refractivity contribution in [3.05, 3.63) is 35.4 Å². The van der Waals surface area contributed by atoms with Crippen molar-refractivity contribution in [3.63, 3.8) is 0 Å². The van der Waals surface area contributed by atoms with Crippen molar-refractivity contribution in [1.29, 1.82) is 0 Å². The van der Waals surface area contributed by atoms with Crippen LogP contribution in [0.1, 0.15) is 18.1 Å². The van der Waals surface area contributed by atoms with Crippen molar-refractivity contribution in [2.75, 3.05) is 13.1 Å². The molecule has 0 saturated heterocycles. The summed E-state index contributed by atoms with van der Waals surface area (Å²) in [5, 5.41) is 3.06. The molecular weight excluding hydrogens is 188 g/mol. The summed E-state index contributed by atoms with van der Waals surface area (Å²) in [6.07, 6.45) is 0. The normalized spacial score (nSPS) is 14.1. The molecular formula is C12H16N2O. The summed E-state index contributed by atoms with van der Waals surface area (Å²) in [6, 6.07) is 8.24. The molecule has 3 nitrogen and oxygen atoms in total. The van der Waals surface area contributed by atoms with Crippen molar-refractivity contribution in [2.24, 2.45) is 0 Å². The molecule has 1 aliphatic heterocycles. The molecule has 0 unspecified atom stereocenters. The quantitative estimate of drug-likeness (QED) is 0.800. The van der Waals surface area contributed by atoms with Crippen LogP contribution in [0, 0.1) is 0 Å². The van der Waals surface area contributed by atoms with Gasteiger partial charge in [0.15, 0.2) is 0 Å². The highest BCUT2D eigenvalue weighted by Crippen LogP contribution is 2.21. The van der Waals surface area contributed by atoms with E-state index in [1.165, 1.54) is 11.1 Å². The van der Waals surface area contributed by atoms with Crippen LogP contribution >= 0.6 is 0 Å². The third kappa shape index (κ3) is 2.18. The van der Waals surface area contributed by atoms with E-state index < -0.39 is 0 Å². The summed E-state index contributed by atoms with van der Waals surface area (Å²) in [6.45, 7) is 4.82. The number of carbonyl (C=O) groups is 1. The second-order valence-electron chi connectivity index (χ2n) is 3.80. The van der Waals surface area contributed by atoms with Crippen molar-refractivity contribution in [2.45, 2.75) is 20.0 Å². The number of likely N-dealkylation sites (N-methyl/N-ethyl adjacent to an activating group) is 1. The smallest absolute Gasteiger partial charge is 0.237 e. The van der Waals surface area contributed by atoms with Crippen LogP contribution in [0.2, 0.25) is 0 Å². The Hall–Kier alpha value is -1.35. The van der Waals surface area contributed by atoms with Gasteiger partial charge in [-0.15, -0.1) is 0 Å². The Balaban J connectivity index is 1.98. The second kappa shape index (κ2) is 4.45. The van der Waals surface area contributed by atoms with Crippen LogP contribution in [0.4, 0.5) is 0 Å². The maximum absolute atomic E-state index is 11.7. The molecule has 1 aromatic carbocycles. The first-order valence-electron chi connectivity index (χ1n) is 5.36. The highest BCUT2D eigenvalue weighted by atomic mass is 16.2. The maximum atomic E-state index is 11.7. The van der Waals surface area contributed by atoms with Crippen molar-refractivity contribution < 1.29 is 4.79 Å². The van der Waals surface area contributed by atoms with Gasteiger partial charge in [0.05, 0.1) is 6.54 Å². The van der Waals surface area contributed by atoms with Gasteiger partial charge in [-0.1, -0.05) is 31.2 Å². The minimum atomic E-state index is 0.188. The molecule has 15 heavy (non-hydrogen) atoms. The summed E-state index contributed by atoms with van der Waals surface area (Å²) in [7, 11) is 0. The lowest BCUT2D eigenvalue weighted by atomic mass is 10.1. The summed E-state index contributed by atoms with van der Waals surface area (Å²) >= 11 is 0. The van der Waals surface area contributed by atoms with Crippen LogP contribution in [0.15, 0.2) is 24.3 Å². The van der Waals surface area contributed by atoms with Crippen LogP contribution in [-0.4, -0.2) is 23.9 Å². The van der Waals surface area contributed by atoms with Crippen molar-refractivity contribution in [3.8, 4) is 0 Å². The summed E-state index contributed by atoms with van der Waals surface area (Å²) < 4.78 is 0. The van der Waals surface area contributed by atoms with Gasteiger partial charge < -0.3 is 10.2 Å². The molecule has 1 N–H and O–H groups in total. The number of hydrogen-bond acceptors (Lipinski definition) is 2. The third-order valence-corrected chi connectivity index (χ3v) is 2.72. The van der Waals surface area contributed by atoms with Gasteiger partial charge in [-0.25, -0.2) is 0 Å². The van der Waals surface area contributed by atoms with E-state index in [-0.39, 0.29) is 5.91 Å². The van der Waals surface area contributed by atoms with Gasteiger partial charge in [0, 0.05) is 13.1 Å². The topological polar surface area (TPSA) is 32.3 Å². The second-order valence-corrected chi connectivity index (χ2v) is 3.80. The van der Waals surface area contributed by atoms with Gasteiger partial charge in [0.2, 0.25) is 5.91 Å². The zero-order valence-corrected chi connectivity index (χ0v) is 8.99.